The highest BCUT2D eigenvalue weighted by molar-refractivity contribution is 7.97. The Kier molecular flexibility index (Phi) is 3.66. The van der Waals surface area contributed by atoms with E-state index in [0.717, 1.165) is 34.7 Å². The average molecular weight is 287 g/mol. The number of fused-ring (bicyclic) bond motifs is 1. The number of amidine groups is 1. The quantitative estimate of drug-likeness (QED) is 0.646. The largest absolute Gasteiger partial charge is 0.383 e. The molecule has 20 heavy (non-hydrogen) atoms. The first-order valence-electron chi connectivity index (χ1n) is 6.46. The van der Waals surface area contributed by atoms with Crippen LogP contribution < -0.4 is 16.2 Å². The topological polar surface area (TPSA) is 92.2 Å². The van der Waals surface area contributed by atoms with Gasteiger partial charge in [-0.15, -0.1) is 0 Å². The lowest BCUT2D eigenvalue weighted by molar-refractivity contribution is 1.09. The second-order valence-electron chi connectivity index (χ2n) is 4.65. The van der Waals surface area contributed by atoms with Crippen LogP contribution >= 0.6 is 11.9 Å². The zero-order valence-corrected chi connectivity index (χ0v) is 11.8. The first-order valence-corrected chi connectivity index (χ1v) is 7.51. The summed E-state index contributed by atoms with van der Waals surface area (Å²) in [5.41, 5.74) is 10.5. The van der Waals surface area contributed by atoms with Crippen LogP contribution in [0.1, 0.15) is 11.1 Å². The maximum Gasteiger partial charge on any atom is 0.132 e. The smallest absolute Gasteiger partial charge is 0.132 e. The van der Waals surface area contributed by atoms with E-state index >= 15 is 0 Å². The van der Waals surface area contributed by atoms with Crippen molar-refractivity contribution in [1.82, 2.24) is 4.98 Å². The normalized spacial score (nSPS) is 13.6. The van der Waals surface area contributed by atoms with Crippen molar-refractivity contribution in [3.05, 3.63) is 41.6 Å². The molecule has 104 valence electrons. The van der Waals surface area contributed by atoms with Crippen molar-refractivity contribution in [2.24, 2.45) is 15.9 Å². The molecule has 0 bridgehead atoms. The zero-order valence-electron chi connectivity index (χ0n) is 11.0. The Balaban J connectivity index is 1.98. The van der Waals surface area contributed by atoms with Crippen LogP contribution in [0.3, 0.4) is 0 Å². The maximum absolute atomic E-state index is 6.02. The summed E-state index contributed by atoms with van der Waals surface area (Å²) in [6.07, 6.45) is 2.94. The van der Waals surface area contributed by atoms with Crippen molar-refractivity contribution in [2.75, 3.05) is 17.7 Å². The van der Waals surface area contributed by atoms with Gasteiger partial charge in [0, 0.05) is 17.5 Å². The van der Waals surface area contributed by atoms with Crippen molar-refractivity contribution in [2.45, 2.75) is 6.42 Å². The van der Waals surface area contributed by atoms with E-state index < -0.39 is 0 Å². The molecular formula is C14H17N5S. The molecule has 2 aromatic rings. The second kappa shape index (κ2) is 5.60. The van der Waals surface area contributed by atoms with Crippen LogP contribution in [-0.2, 0) is 6.42 Å². The van der Waals surface area contributed by atoms with E-state index in [-0.39, 0.29) is 0 Å². The van der Waals surface area contributed by atoms with Gasteiger partial charge in [-0.25, -0.2) is 4.99 Å². The maximum atomic E-state index is 6.02. The van der Waals surface area contributed by atoms with Gasteiger partial charge in [0.2, 0.25) is 0 Å². The monoisotopic (exact) mass is 287 g/mol. The molecule has 1 aliphatic rings. The Morgan fingerprint density at radius 3 is 3.10 bits per heavy atom. The number of nitrogens with two attached hydrogens (primary N) is 2. The van der Waals surface area contributed by atoms with Crippen molar-refractivity contribution >= 4 is 23.6 Å². The minimum Gasteiger partial charge on any atom is -0.383 e. The van der Waals surface area contributed by atoms with Gasteiger partial charge in [-0.1, -0.05) is 36.2 Å². The molecule has 1 aromatic heterocycles. The fourth-order valence-electron chi connectivity index (χ4n) is 2.41. The first-order chi connectivity index (χ1) is 9.79. The van der Waals surface area contributed by atoms with E-state index in [2.05, 4.69) is 39.6 Å². The van der Waals surface area contributed by atoms with Crippen molar-refractivity contribution in [3.8, 4) is 11.1 Å². The number of nitrogens with zero attached hydrogens (tertiary/aromatic N) is 1. The van der Waals surface area contributed by atoms with Gasteiger partial charge in [-0.3, -0.25) is 5.14 Å². The molecule has 0 saturated heterocycles. The summed E-state index contributed by atoms with van der Waals surface area (Å²) in [5.74, 6) is 2.44. The molecule has 0 radical (unpaired) electrons. The number of rotatable bonds is 4. The molecular weight excluding hydrogens is 270 g/mol. The number of aromatic nitrogens is 1. The van der Waals surface area contributed by atoms with Crippen LogP contribution in [0.25, 0.3) is 11.1 Å². The fraction of sp³-hybridized carbons (Fsp3) is 0.214. The number of nitrogens with one attached hydrogen (secondary N) is 2. The van der Waals surface area contributed by atoms with Gasteiger partial charge in [0.1, 0.15) is 18.3 Å². The lowest BCUT2D eigenvalue weighted by Gasteiger charge is -2.13. The van der Waals surface area contributed by atoms with Crippen LogP contribution in [-0.4, -0.2) is 23.2 Å². The van der Waals surface area contributed by atoms with Gasteiger partial charge in [0.25, 0.3) is 0 Å². The Bertz CT molecular complexity index is 647. The molecule has 6 N–H and O–H groups in total. The second-order valence-corrected chi connectivity index (χ2v) is 5.39. The number of aromatic amines is 1. The van der Waals surface area contributed by atoms with Crippen LogP contribution in [0, 0.1) is 0 Å². The lowest BCUT2D eigenvalue weighted by Crippen LogP contribution is -2.22. The van der Waals surface area contributed by atoms with E-state index in [1.54, 1.807) is 0 Å². The summed E-state index contributed by atoms with van der Waals surface area (Å²) in [6, 6.07) is 8.45. The highest BCUT2D eigenvalue weighted by atomic mass is 32.2. The summed E-state index contributed by atoms with van der Waals surface area (Å²) in [4.78, 5) is 7.47. The molecule has 2 heterocycles. The number of benzene rings is 1. The third-order valence-corrected chi connectivity index (χ3v) is 3.83. The molecule has 1 aliphatic heterocycles. The zero-order chi connectivity index (χ0) is 13.9. The summed E-state index contributed by atoms with van der Waals surface area (Å²) in [6.45, 7) is 0.520. The minimum atomic E-state index is 0.520. The molecule has 0 amide bonds. The summed E-state index contributed by atoms with van der Waals surface area (Å²) >= 11 is 1.37. The number of aliphatic imine (C=N–C) groups is 1. The van der Waals surface area contributed by atoms with E-state index in [1.165, 1.54) is 17.5 Å². The molecule has 0 spiro atoms. The van der Waals surface area contributed by atoms with Gasteiger partial charge in [0.05, 0.1) is 5.56 Å². The molecule has 6 heteroatoms. The van der Waals surface area contributed by atoms with Gasteiger partial charge in [-0.2, -0.15) is 0 Å². The van der Waals surface area contributed by atoms with Crippen LogP contribution in [0.5, 0.6) is 0 Å². The SMILES string of the molecule is NSCCc1cccc(-c2c[nH]c3c2C(N)=NCN3)c1. The number of anilines is 1. The van der Waals surface area contributed by atoms with Crippen LogP contribution in [0.15, 0.2) is 35.5 Å². The van der Waals surface area contributed by atoms with E-state index in [9.17, 15) is 0 Å². The van der Waals surface area contributed by atoms with Gasteiger partial charge < -0.3 is 16.0 Å². The van der Waals surface area contributed by atoms with E-state index in [0.29, 0.717) is 12.5 Å². The summed E-state index contributed by atoms with van der Waals surface area (Å²) in [7, 11) is 0. The summed E-state index contributed by atoms with van der Waals surface area (Å²) in [5, 5.41) is 8.68. The van der Waals surface area contributed by atoms with Gasteiger partial charge in [0.15, 0.2) is 0 Å². The highest BCUT2D eigenvalue weighted by Crippen LogP contribution is 2.31. The molecule has 3 rings (SSSR count). The Morgan fingerprint density at radius 1 is 1.35 bits per heavy atom. The lowest BCUT2D eigenvalue weighted by atomic mass is 10.00. The van der Waals surface area contributed by atoms with Crippen molar-refractivity contribution < 1.29 is 0 Å². The molecule has 0 fully saturated rings. The Labute approximate surface area is 122 Å². The van der Waals surface area contributed by atoms with Crippen LogP contribution in [0.4, 0.5) is 5.82 Å². The molecule has 5 nitrogen and oxygen atoms in total. The molecule has 0 saturated carbocycles. The number of hydrogen-bond acceptors (Lipinski definition) is 5. The molecule has 1 aromatic carbocycles. The summed E-state index contributed by atoms with van der Waals surface area (Å²) < 4.78 is 0. The number of aryl methyl sites for hydroxylation is 1. The van der Waals surface area contributed by atoms with Crippen LogP contribution in [0.2, 0.25) is 0 Å². The third-order valence-electron chi connectivity index (χ3n) is 3.39. The van der Waals surface area contributed by atoms with Crippen molar-refractivity contribution in [3.63, 3.8) is 0 Å². The van der Waals surface area contributed by atoms with Gasteiger partial charge in [-0.05, 0) is 17.5 Å². The molecule has 0 unspecified atom stereocenters. The highest BCUT2D eigenvalue weighted by Gasteiger charge is 2.18. The Hall–Kier alpha value is -1.92. The average Bonchev–Trinajstić information content (AvgIpc) is 2.91. The fourth-order valence-corrected chi connectivity index (χ4v) is 2.76. The molecule has 0 atom stereocenters. The number of hydrogen-bond donors (Lipinski definition) is 4. The predicted molar refractivity (Wildman–Crippen MR) is 85.8 cm³/mol. The Morgan fingerprint density at radius 2 is 2.25 bits per heavy atom. The van der Waals surface area contributed by atoms with Gasteiger partial charge >= 0.3 is 0 Å². The van der Waals surface area contributed by atoms with E-state index in [4.69, 9.17) is 10.9 Å². The van der Waals surface area contributed by atoms with Crippen molar-refractivity contribution in [1.29, 1.82) is 0 Å². The third kappa shape index (κ3) is 2.39. The number of H-pyrrole nitrogens is 1. The minimum absolute atomic E-state index is 0.520. The first kappa shape index (κ1) is 13.1. The standard InChI is InChI=1S/C14H17N5S/c15-13-12-11(7-17-14(12)19-8-18-13)10-3-1-2-9(6-10)4-5-20-16/h1-3,6-7,17,19H,4-5,8,16H2,(H2,15,18). The van der Waals surface area contributed by atoms with E-state index in [1.807, 2.05) is 6.20 Å². The molecule has 0 aliphatic carbocycles. The predicted octanol–water partition coefficient (Wildman–Crippen LogP) is 1.92.